The van der Waals surface area contributed by atoms with Crippen molar-refractivity contribution in [3.63, 3.8) is 0 Å². The van der Waals surface area contributed by atoms with Crippen LogP contribution in [0.5, 0.6) is 0 Å². The molecule has 0 aliphatic heterocycles. The van der Waals surface area contributed by atoms with Gasteiger partial charge in [-0.2, -0.15) is 0 Å². The minimum Gasteiger partial charge on any atom is -0.480 e. The maximum absolute atomic E-state index is 5.27. The highest BCUT2D eigenvalue weighted by molar-refractivity contribution is 4.83. The molecule has 2 atom stereocenters. The van der Waals surface area contributed by atoms with E-state index in [-0.39, 0.29) is 0 Å². The SMILES string of the molecule is C=C(NC(C)CC(C)NCCOCC)OCC. The van der Waals surface area contributed by atoms with Crippen LogP contribution in [0.3, 0.4) is 0 Å². The summed E-state index contributed by atoms with van der Waals surface area (Å²) in [5, 5.41) is 6.64. The molecule has 0 radical (unpaired) electrons. The van der Waals surface area contributed by atoms with Crippen molar-refractivity contribution < 1.29 is 9.47 Å². The topological polar surface area (TPSA) is 42.5 Å². The summed E-state index contributed by atoms with van der Waals surface area (Å²) in [7, 11) is 0. The molecule has 0 spiro atoms. The van der Waals surface area contributed by atoms with E-state index in [2.05, 4.69) is 31.1 Å². The smallest absolute Gasteiger partial charge is 0.179 e. The molecule has 0 rings (SSSR count). The van der Waals surface area contributed by atoms with Gasteiger partial charge in [0, 0.05) is 25.2 Å². The minimum atomic E-state index is 0.351. The van der Waals surface area contributed by atoms with Crippen LogP contribution in [0.25, 0.3) is 0 Å². The summed E-state index contributed by atoms with van der Waals surface area (Å²) in [6.07, 6.45) is 1.03. The summed E-state index contributed by atoms with van der Waals surface area (Å²) in [6, 6.07) is 0.802. The van der Waals surface area contributed by atoms with E-state index in [1.54, 1.807) is 0 Å². The van der Waals surface area contributed by atoms with Crippen molar-refractivity contribution in [1.29, 1.82) is 0 Å². The monoisotopic (exact) mass is 244 g/mol. The molecule has 0 saturated carbocycles. The molecule has 0 aromatic heterocycles. The van der Waals surface area contributed by atoms with Gasteiger partial charge in [0.2, 0.25) is 0 Å². The Labute approximate surface area is 106 Å². The Morgan fingerprint density at radius 2 is 1.88 bits per heavy atom. The molecule has 0 aromatic rings. The quantitative estimate of drug-likeness (QED) is 0.430. The van der Waals surface area contributed by atoms with E-state index < -0.39 is 0 Å². The highest BCUT2D eigenvalue weighted by Gasteiger charge is 2.08. The summed E-state index contributed by atoms with van der Waals surface area (Å²) in [5.74, 6) is 0.654. The molecule has 0 saturated heterocycles. The minimum absolute atomic E-state index is 0.351. The van der Waals surface area contributed by atoms with Crippen LogP contribution in [0.1, 0.15) is 34.1 Å². The molecule has 2 unspecified atom stereocenters. The van der Waals surface area contributed by atoms with Crippen molar-refractivity contribution in [2.24, 2.45) is 0 Å². The van der Waals surface area contributed by atoms with E-state index in [0.29, 0.717) is 24.6 Å². The lowest BCUT2D eigenvalue weighted by molar-refractivity contribution is 0.146. The number of ether oxygens (including phenoxy) is 2. The van der Waals surface area contributed by atoms with Gasteiger partial charge in [0.05, 0.1) is 13.2 Å². The zero-order chi connectivity index (χ0) is 13.1. The largest absolute Gasteiger partial charge is 0.480 e. The molecular formula is C13H28N2O2. The van der Waals surface area contributed by atoms with E-state index in [1.165, 1.54) is 0 Å². The predicted octanol–water partition coefficient (Wildman–Crippen LogP) is 1.88. The summed E-state index contributed by atoms with van der Waals surface area (Å²) in [6.45, 7) is 15.2. The third-order valence-corrected chi connectivity index (χ3v) is 2.38. The molecule has 0 aromatic carbocycles. The molecule has 2 N–H and O–H groups in total. The van der Waals surface area contributed by atoms with Crippen LogP contribution in [0.4, 0.5) is 0 Å². The Kier molecular flexibility index (Phi) is 9.96. The van der Waals surface area contributed by atoms with E-state index >= 15 is 0 Å². The zero-order valence-electron chi connectivity index (χ0n) is 11.7. The first-order chi connectivity index (χ1) is 8.10. The summed E-state index contributed by atoms with van der Waals surface area (Å²) in [5.41, 5.74) is 0. The van der Waals surface area contributed by atoms with E-state index in [4.69, 9.17) is 9.47 Å². The van der Waals surface area contributed by atoms with Crippen molar-refractivity contribution in [2.75, 3.05) is 26.4 Å². The van der Waals surface area contributed by atoms with Crippen LogP contribution in [-0.2, 0) is 9.47 Å². The fraction of sp³-hybridized carbons (Fsp3) is 0.846. The lowest BCUT2D eigenvalue weighted by Crippen LogP contribution is -2.36. The average molecular weight is 244 g/mol. The van der Waals surface area contributed by atoms with Gasteiger partial charge in [-0.15, -0.1) is 0 Å². The average Bonchev–Trinajstić information content (AvgIpc) is 2.24. The Balaban J connectivity index is 3.57. The molecule has 0 heterocycles. The fourth-order valence-electron chi connectivity index (χ4n) is 1.69. The molecule has 0 amide bonds. The van der Waals surface area contributed by atoms with Gasteiger partial charge in [0.15, 0.2) is 5.88 Å². The molecule has 0 fully saturated rings. The second kappa shape index (κ2) is 10.4. The maximum atomic E-state index is 5.27. The van der Waals surface area contributed by atoms with Gasteiger partial charge in [0.1, 0.15) is 0 Å². The van der Waals surface area contributed by atoms with Crippen LogP contribution >= 0.6 is 0 Å². The van der Waals surface area contributed by atoms with E-state index in [9.17, 15) is 0 Å². The number of hydrogen-bond donors (Lipinski definition) is 2. The number of nitrogens with one attached hydrogen (secondary N) is 2. The summed E-state index contributed by atoms with van der Waals surface area (Å²) < 4.78 is 10.5. The molecule has 4 heteroatoms. The van der Waals surface area contributed by atoms with Crippen LogP contribution < -0.4 is 10.6 Å². The fourth-order valence-corrected chi connectivity index (χ4v) is 1.69. The van der Waals surface area contributed by atoms with Crippen LogP contribution in [-0.4, -0.2) is 38.4 Å². The predicted molar refractivity (Wildman–Crippen MR) is 71.9 cm³/mol. The molecular weight excluding hydrogens is 216 g/mol. The highest BCUT2D eigenvalue weighted by Crippen LogP contribution is 2.00. The number of hydrogen-bond acceptors (Lipinski definition) is 4. The molecule has 0 bridgehead atoms. The van der Waals surface area contributed by atoms with E-state index in [1.807, 2.05) is 13.8 Å². The van der Waals surface area contributed by atoms with Crippen LogP contribution in [0.15, 0.2) is 12.5 Å². The first-order valence-electron chi connectivity index (χ1n) is 6.49. The van der Waals surface area contributed by atoms with Crippen molar-refractivity contribution >= 4 is 0 Å². The van der Waals surface area contributed by atoms with Crippen LogP contribution in [0.2, 0.25) is 0 Å². The Bertz CT molecular complexity index is 198. The van der Waals surface area contributed by atoms with Crippen molar-refractivity contribution in [1.82, 2.24) is 10.6 Å². The summed E-state index contributed by atoms with van der Waals surface area (Å²) >= 11 is 0. The maximum Gasteiger partial charge on any atom is 0.179 e. The van der Waals surface area contributed by atoms with Gasteiger partial charge in [-0.1, -0.05) is 0 Å². The Morgan fingerprint density at radius 1 is 1.18 bits per heavy atom. The second-order valence-electron chi connectivity index (χ2n) is 4.19. The first-order valence-corrected chi connectivity index (χ1v) is 6.49. The van der Waals surface area contributed by atoms with Gasteiger partial charge in [-0.05, 0) is 40.7 Å². The van der Waals surface area contributed by atoms with Gasteiger partial charge in [-0.25, -0.2) is 0 Å². The normalized spacial score (nSPS) is 14.1. The van der Waals surface area contributed by atoms with Crippen molar-refractivity contribution in [3.05, 3.63) is 12.5 Å². The first kappa shape index (κ1) is 16.3. The van der Waals surface area contributed by atoms with Crippen molar-refractivity contribution in [2.45, 2.75) is 46.2 Å². The third-order valence-electron chi connectivity index (χ3n) is 2.38. The molecule has 102 valence electrons. The summed E-state index contributed by atoms with van der Waals surface area (Å²) in [4.78, 5) is 0. The Hall–Kier alpha value is -0.740. The second-order valence-corrected chi connectivity index (χ2v) is 4.19. The van der Waals surface area contributed by atoms with Crippen LogP contribution in [0, 0.1) is 0 Å². The molecule has 0 aliphatic rings. The van der Waals surface area contributed by atoms with E-state index in [0.717, 1.165) is 26.2 Å². The lowest BCUT2D eigenvalue weighted by atomic mass is 10.1. The highest BCUT2D eigenvalue weighted by atomic mass is 16.5. The third kappa shape index (κ3) is 10.1. The Morgan fingerprint density at radius 3 is 2.47 bits per heavy atom. The molecule has 4 nitrogen and oxygen atoms in total. The molecule has 17 heavy (non-hydrogen) atoms. The number of rotatable bonds is 11. The lowest BCUT2D eigenvalue weighted by Gasteiger charge is -2.21. The zero-order valence-corrected chi connectivity index (χ0v) is 11.7. The standard InChI is InChI=1S/C13H28N2O2/c1-6-16-9-8-14-11(3)10-12(4)15-13(5)17-7-2/h11-12,14-15H,5-10H2,1-4H3. The van der Waals surface area contributed by atoms with Crippen molar-refractivity contribution in [3.8, 4) is 0 Å². The van der Waals surface area contributed by atoms with Gasteiger partial charge < -0.3 is 20.1 Å². The van der Waals surface area contributed by atoms with Gasteiger partial charge >= 0.3 is 0 Å². The molecule has 0 aliphatic carbocycles. The van der Waals surface area contributed by atoms with Gasteiger partial charge in [-0.3, -0.25) is 0 Å². The van der Waals surface area contributed by atoms with Gasteiger partial charge in [0.25, 0.3) is 0 Å².